The normalized spacial score (nSPS) is 27.7. The maximum atomic E-state index is 13.9. The highest BCUT2D eigenvalue weighted by molar-refractivity contribution is 5.98. The second kappa shape index (κ2) is 12.4. The molecule has 0 radical (unpaired) electrons. The van der Waals surface area contributed by atoms with Crippen molar-refractivity contribution in [2.75, 3.05) is 45.2 Å². The molecular weight excluding hydrogens is 580 g/mol. The number of aromatic nitrogens is 2. The van der Waals surface area contributed by atoms with Crippen LogP contribution in [-0.2, 0) is 32.6 Å². The Balaban J connectivity index is 1.22. The quantitative estimate of drug-likeness (QED) is 0.429. The average Bonchev–Trinajstić information content (AvgIpc) is 3.41. The lowest BCUT2D eigenvalue weighted by atomic mass is 9.73. The van der Waals surface area contributed by atoms with Crippen molar-refractivity contribution in [3.05, 3.63) is 94.4 Å². The molecule has 1 spiro atoms. The maximum Gasteiger partial charge on any atom is 0.253 e. The van der Waals surface area contributed by atoms with Crippen LogP contribution in [0.1, 0.15) is 64.0 Å². The first-order valence-corrected chi connectivity index (χ1v) is 16.2. The molecule has 1 aliphatic carbocycles. The van der Waals surface area contributed by atoms with E-state index in [1.807, 2.05) is 48.4 Å². The molecule has 4 aliphatic rings. The number of carbonyl (C=O) groups is 3. The Morgan fingerprint density at radius 3 is 2.67 bits per heavy atom. The highest BCUT2D eigenvalue weighted by atomic mass is 16.5. The molecule has 10 heteroatoms. The Morgan fingerprint density at radius 2 is 1.83 bits per heavy atom. The number of piperidine rings is 1. The average molecular weight is 621 g/mol. The molecule has 3 unspecified atom stereocenters. The third-order valence-corrected chi connectivity index (χ3v) is 10.1. The number of anilines is 1. The molecule has 0 saturated carbocycles. The number of nitrogens with one attached hydrogen (secondary N) is 2. The molecule has 3 amide bonds. The van der Waals surface area contributed by atoms with Gasteiger partial charge in [0.05, 0.1) is 18.8 Å². The zero-order valence-corrected chi connectivity index (χ0v) is 26.4. The van der Waals surface area contributed by atoms with Gasteiger partial charge in [0.2, 0.25) is 11.8 Å². The fourth-order valence-corrected chi connectivity index (χ4v) is 7.60. The molecular formula is C36H40N6O4. The SMILES string of the molecule is CC1C(c2ccccc2)CC2NC(=O)c3cnc4c(c3)C[C@]3(CC(=O)Nc5ncc(cc53)/C=C/COCCN(C)CCN1C2=O)C4. The van der Waals surface area contributed by atoms with E-state index >= 15 is 0 Å². The number of pyridine rings is 2. The molecule has 10 nitrogen and oxygen atoms in total. The number of carbonyl (C=O) groups excluding carboxylic acids is 3. The fraction of sp³-hybridized carbons (Fsp3) is 0.417. The summed E-state index contributed by atoms with van der Waals surface area (Å²) >= 11 is 0. The number of rotatable bonds is 1. The second-order valence-electron chi connectivity index (χ2n) is 13.2. The van der Waals surface area contributed by atoms with Crippen molar-refractivity contribution in [3.8, 4) is 0 Å². The van der Waals surface area contributed by atoms with Crippen LogP contribution in [0, 0.1) is 0 Å². The summed E-state index contributed by atoms with van der Waals surface area (Å²) < 4.78 is 5.91. The number of likely N-dealkylation sites (N-methyl/N-ethyl adjacent to an activating group) is 1. The monoisotopic (exact) mass is 620 g/mol. The van der Waals surface area contributed by atoms with Crippen molar-refractivity contribution < 1.29 is 19.1 Å². The molecule has 1 fully saturated rings. The van der Waals surface area contributed by atoms with Crippen molar-refractivity contribution in [1.29, 1.82) is 0 Å². The second-order valence-corrected chi connectivity index (χ2v) is 13.2. The van der Waals surface area contributed by atoms with Gasteiger partial charge in [0.1, 0.15) is 11.9 Å². The molecule has 238 valence electrons. The summed E-state index contributed by atoms with van der Waals surface area (Å²) in [4.78, 5) is 54.0. The summed E-state index contributed by atoms with van der Waals surface area (Å²) in [5.74, 6) is 0.200. The minimum absolute atomic E-state index is 0.0228. The van der Waals surface area contributed by atoms with E-state index in [0.29, 0.717) is 63.4 Å². The molecule has 3 aromatic rings. The summed E-state index contributed by atoms with van der Waals surface area (Å²) in [5, 5.41) is 6.02. The largest absolute Gasteiger partial charge is 0.376 e. The van der Waals surface area contributed by atoms with Crippen molar-refractivity contribution >= 4 is 29.6 Å². The van der Waals surface area contributed by atoms with E-state index in [2.05, 4.69) is 45.6 Å². The van der Waals surface area contributed by atoms with E-state index in [1.54, 1.807) is 12.4 Å². The Labute approximate surface area is 269 Å². The first kappa shape index (κ1) is 30.3. The van der Waals surface area contributed by atoms with Gasteiger partial charge in [-0.3, -0.25) is 19.4 Å². The highest BCUT2D eigenvalue weighted by Crippen LogP contribution is 2.47. The van der Waals surface area contributed by atoms with E-state index < -0.39 is 11.5 Å². The Morgan fingerprint density at radius 1 is 0.978 bits per heavy atom. The van der Waals surface area contributed by atoms with E-state index in [9.17, 15) is 14.4 Å². The zero-order valence-electron chi connectivity index (χ0n) is 26.4. The Kier molecular flexibility index (Phi) is 8.16. The van der Waals surface area contributed by atoms with Crippen LogP contribution in [0.15, 0.2) is 60.9 Å². The van der Waals surface area contributed by atoms with Crippen LogP contribution in [0.25, 0.3) is 6.08 Å². The molecule has 46 heavy (non-hydrogen) atoms. The van der Waals surface area contributed by atoms with Gasteiger partial charge in [-0.05, 0) is 55.6 Å². The molecule has 2 aromatic heterocycles. The fourth-order valence-electron chi connectivity index (χ4n) is 7.60. The van der Waals surface area contributed by atoms with Crippen LogP contribution in [0.3, 0.4) is 0 Å². The van der Waals surface area contributed by atoms with Crippen molar-refractivity contribution in [3.63, 3.8) is 0 Å². The third-order valence-electron chi connectivity index (χ3n) is 10.1. The first-order valence-electron chi connectivity index (χ1n) is 16.2. The van der Waals surface area contributed by atoms with Gasteiger partial charge >= 0.3 is 0 Å². The molecule has 4 atom stereocenters. The van der Waals surface area contributed by atoms with Crippen LogP contribution in [-0.4, -0.2) is 89.5 Å². The number of hydrogen-bond donors (Lipinski definition) is 2. The van der Waals surface area contributed by atoms with Gasteiger partial charge < -0.3 is 25.2 Å². The highest BCUT2D eigenvalue weighted by Gasteiger charge is 2.46. The topological polar surface area (TPSA) is 117 Å². The predicted molar refractivity (Wildman–Crippen MR) is 174 cm³/mol. The van der Waals surface area contributed by atoms with Crippen molar-refractivity contribution in [2.45, 2.75) is 56.0 Å². The lowest BCUT2D eigenvalue weighted by Gasteiger charge is -2.43. The summed E-state index contributed by atoms with van der Waals surface area (Å²) in [6.45, 7) is 5.08. The van der Waals surface area contributed by atoms with Crippen LogP contribution in [0.5, 0.6) is 0 Å². The van der Waals surface area contributed by atoms with Crippen LogP contribution < -0.4 is 10.6 Å². The van der Waals surface area contributed by atoms with Crippen molar-refractivity contribution in [1.82, 2.24) is 25.1 Å². The Hall–Kier alpha value is -4.41. The van der Waals surface area contributed by atoms with Crippen LogP contribution >= 0.6 is 0 Å². The summed E-state index contributed by atoms with van der Waals surface area (Å²) in [5.41, 5.74) is 4.83. The maximum absolute atomic E-state index is 13.9. The van der Waals surface area contributed by atoms with Gasteiger partial charge in [-0.15, -0.1) is 0 Å². The Bertz CT molecular complexity index is 1690. The number of hydrogen-bond acceptors (Lipinski definition) is 7. The van der Waals surface area contributed by atoms with Gasteiger partial charge in [-0.2, -0.15) is 0 Å². The minimum Gasteiger partial charge on any atom is -0.376 e. The summed E-state index contributed by atoms with van der Waals surface area (Å²) in [6.07, 6.45) is 9.34. The van der Waals surface area contributed by atoms with Gasteiger partial charge in [0.25, 0.3) is 5.91 Å². The number of nitrogens with zero attached hydrogens (tertiary/aromatic N) is 4. The minimum atomic E-state index is -0.662. The zero-order chi connectivity index (χ0) is 31.8. The third kappa shape index (κ3) is 5.83. The molecule has 3 aliphatic heterocycles. The number of amides is 3. The van der Waals surface area contributed by atoms with Crippen LogP contribution in [0.2, 0.25) is 0 Å². The number of fused-ring (bicyclic) bond motifs is 4. The number of benzene rings is 1. The molecule has 1 saturated heterocycles. The first-order chi connectivity index (χ1) is 22.3. The smallest absolute Gasteiger partial charge is 0.253 e. The van der Waals surface area contributed by atoms with Gasteiger partial charge in [0, 0.05) is 73.5 Å². The molecule has 5 heterocycles. The van der Waals surface area contributed by atoms with E-state index in [1.165, 1.54) is 0 Å². The molecule has 7 bridgehead atoms. The molecule has 1 aromatic carbocycles. The molecule has 2 N–H and O–H groups in total. The molecule has 7 rings (SSSR count). The van der Waals surface area contributed by atoms with E-state index in [4.69, 9.17) is 9.72 Å². The van der Waals surface area contributed by atoms with Crippen molar-refractivity contribution in [2.24, 2.45) is 0 Å². The van der Waals surface area contributed by atoms with Crippen LogP contribution in [0.4, 0.5) is 5.82 Å². The lowest BCUT2D eigenvalue weighted by molar-refractivity contribution is -0.139. The van der Waals surface area contributed by atoms with Gasteiger partial charge in [-0.25, -0.2) is 4.98 Å². The van der Waals surface area contributed by atoms with E-state index in [0.717, 1.165) is 34.5 Å². The summed E-state index contributed by atoms with van der Waals surface area (Å²) in [7, 11) is 2.03. The van der Waals surface area contributed by atoms with Gasteiger partial charge in [0.15, 0.2) is 0 Å². The predicted octanol–water partition coefficient (Wildman–Crippen LogP) is 3.33. The van der Waals surface area contributed by atoms with E-state index in [-0.39, 0.29) is 29.7 Å². The summed E-state index contributed by atoms with van der Waals surface area (Å²) in [6, 6.07) is 13.5. The number of ether oxygens (including phenoxy) is 1. The standard InChI is InChI=1S/C36H40N6O4/c1-23-28(25-8-4-3-5-9-25)17-30-35(45)42(23)11-10-41(2)12-14-46-13-6-7-24-15-29-33(38-21-24)40-32(43)20-36(29)18-26-16-27(34(44)39-30)22-37-31(26)19-36/h3-9,15-16,21-23,28,30H,10-14,17-20H2,1-2H3,(H,39,44)(H,38,40,43)/b7-6+/t23?,28?,30?,36-/m1/s1. The van der Waals surface area contributed by atoms with Gasteiger partial charge in [-0.1, -0.05) is 42.5 Å². The lowest BCUT2D eigenvalue weighted by Crippen LogP contribution is -2.59.